The van der Waals surface area contributed by atoms with Crippen LogP contribution in [0.3, 0.4) is 0 Å². The Hall–Kier alpha value is -4.41. The van der Waals surface area contributed by atoms with Gasteiger partial charge in [-0.25, -0.2) is 4.39 Å². The van der Waals surface area contributed by atoms with Crippen molar-refractivity contribution in [3.63, 3.8) is 0 Å². The molecule has 10 nitrogen and oxygen atoms in total. The number of benzene rings is 2. The highest BCUT2D eigenvalue weighted by molar-refractivity contribution is 5.77. The Labute approximate surface area is 194 Å². The lowest BCUT2D eigenvalue weighted by molar-refractivity contribution is -0.123. The van der Waals surface area contributed by atoms with Gasteiger partial charge in [-0.1, -0.05) is 0 Å². The van der Waals surface area contributed by atoms with Crippen LogP contribution in [-0.2, 0) is 4.79 Å². The highest BCUT2D eigenvalue weighted by atomic mass is 19.1. The first kappa shape index (κ1) is 22.8. The summed E-state index contributed by atoms with van der Waals surface area (Å²) in [5.74, 6) is 1.71. The minimum atomic E-state index is -0.372. The first-order valence-electron chi connectivity index (χ1n) is 10.3. The van der Waals surface area contributed by atoms with Crippen LogP contribution in [0.5, 0.6) is 23.1 Å². The van der Waals surface area contributed by atoms with Crippen LogP contribution in [0.25, 0.3) is 17.0 Å². The minimum Gasteiger partial charge on any atom is -0.493 e. The van der Waals surface area contributed by atoms with E-state index in [0.29, 0.717) is 34.6 Å². The van der Waals surface area contributed by atoms with Crippen LogP contribution in [0.1, 0.15) is 0 Å². The highest BCUT2D eigenvalue weighted by Gasteiger charge is 2.13. The summed E-state index contributed by atoms with van der Waals surface area (Å²) in [5.41, 5.74) is 1.28. The molecule has 0 radical (unpaired) electrons. The van der Waals surface area contributed by atoms with Gasteiger partial charge in [0.05, 0.1) is 20.8 Å². The minimum absolute atomic E-state index is 0.189. The monoisotopic (exact) mass is 467 g/mol. The van der Waals surface area contributed by atoms with Crippen LogP contribution >= 0.6 is 0 Å². The van der Waals surface area contributed by atoms with Crippen molar-refractivity contribution in [3.05, 3.63) is 60.4 Å². The van der Waals surface area contributed by atoms with Gasteiger partial charge >= 0.3 is 0 Å². The number of methoxy groups -OCH3 is 2. The van der Waals surface area contributed by atoms with Crippen molar-refractivity contribution >= 4 is 11.6 Å². The van der Waals surface area contributed by atoms with E-state index in [2.05, 4.69) is 20.6 Å². The number of nitrogens with one attached hydrogen (secondary N) is 1. The molecule has 0 saturated heterocycles. The summed E-state index contributed by atoms with van der Waals surface area (Å²) in [6.45, 7) is 0.246. The summed E-state index contributed by atoms with van der Waals surface area (Å²) in [7, 11) is 3.12. The number of amides is 1. The van der Waals surface area contributed by atoms with Crippen LogP contribution in [-0.4, -0.2) is 59.7 Å². The summed E-state index contributed by atoms with van der Waals surface area (Å²) in [5, 5.41) is 15.5. The van der Waals surface area contributed by atoms with Gasteiger partial charge in [0.15, 0.2) is 29.6 Å². The maximum absolute atomic E-state index is 12.9. The highest BCUT2D eigenvalue weighted by Crippen LogP contribution is 2.31. The fourth-order valence-electron chi connectivity index (χ4n) is 3.08. The summed E-state index contributed by atoms with van der Waals surface area (Å²) in [6.07, 6.45) is 0. The number of nitrogens with zero attached hydrogens (tertiary/aromatic N) is 4. The molecule has 11 heteroatoms. The molecule has 1 N–H and O–H groups in total. The lowest BCUT2D eigenvalue weighted by atomic mass is 10.2. The number of rotatable bonds is 10. The molecule has 0 bridgehead atoms. The lowest BCUT2D eigenvalue weighted by Gasteiger charge is -2.10. The summed E-state index contributed by atoms with van der Waals surface area (Å²) in [4.78, 5) is 11.9. The zero-order chi connectivity index (χ0) is 23.9. The first-order chi connectivity index (χ1) is 16.6. The van der Waals surface area contributed by atoms with Crippen molar-refractivity contribution in [1.29, 1.82) is 0 Å². The van der Waals surface area contributed by atoms with E-state index in [1.807, 2.05) is 6.07 Å². The predicted molar refractivity (Wildman–Crippen MR) is 120 cm³/mol. The van der Waals surface area contributed by atoms with Gasteiger partial charge in [-0.05, 0) is 48.5 Å². The Morgan fingerprint density at radius 1 is 0.971 bits per heavy atom. The van der Waals surface area contributed by atoms with Crippen molar-refractivity contribution in [2.45, 2.75) is 0 Å². The Morgan fingerprint density at radius 3 is 2.53 bits per heavy atom. The first-order valence-corrected chi connectivity index (χ1v) is 10.3. The van der Waals surface area contributed by atoms with Crippen LogP contribution in [0.2, 0.25) is 0 Å². The Bertz CT molecular complexity index is 1280. The van der Waals surface area contributed by atoms with E-state index in [4.69, 9.17) is 18.9 Å². The second-order valence-corrected chi connectivity index (χ2v) is 6.98. The number of hydrogen-bond donors (Lipinski definition) is 1. The molecule has 176 valence electrons. The van der Waals surface area contributed by atoms with Crippen molar-refractivity contribution in [1.82, 2.24) is 25.1 Å². The largest absolute Gasteiger partial charge is 0.493 e. The number of hydrogen-bond acceptors (Lipinski definition) is 8. The van der Waals surface area contributed by atoms with Gasteiger partial charge in [0.1, 0.15) is 18.2 Å². The number of aromatic nitrogens is 4. The standard InChI is InChI=1S/C23H22FN5O5/c1-31-18-8-3-15(13-19(18)32-2)23-27-26-20-9-10-22(28-29(20)23)33-12-11-25-21(30)14-34-17-6-4-16(24)5-7-17/h3-10,13H,11-12,14H2,1-2H3,(H,25,30). The molecule has 0 aliphatic rings. The van der Waals surface area contributed by atoms with Gasteiger partial charge < -0.3 is 24.3 Å². The molecule has 34 heavy (non-hydrogen) atoms. The van der Waals surface area contributed by atoms with Gasteiger partial charge in [0.2, 0.25) is 5.88 Å². The molecule has 4 rings (SSSR count). The Kier molecular flexibility index (Phi) is 7.01. The molecule has 2 heterocycles. The number of ether oxygens (including phenoxy) is 4. The second kappa shape index (κ2) is 10.5. The molecule has 0 fully saturated rings. The average Bonchev–Trinajstić information content (AvgIpc) is 3.29. The fraction of sp³-hybridized carbons (Fsp3) is 0.217. The average molecular weight is 467 g/mol. The Balaban J connectivity index is 1.33. The summed E-state index contributed by atoms with van der Waals surface area (Å²) < 4.78 is 36.0. The van der Waals surface area contributed by atoms with E-state index in [1.54, 1.807) is 43.0 Å². The molecular weight excluding hydrogens is 445 g/mol. The molecule has 0 aliphatic heterocycles. The van der Waals surface area contributed by atoms with E-state index in [9.17, 15) is 9.18 Å². The van der Waals surface area contributed by atoms with Crippen LogP contribution in [0, 0.1) is 5.82 Å². The van der Waals surface area contributed by atoms with E-state index >= 15 is 0 Å². The summed E-state index contributed by atoms with van der Waals surface area (Å²) >= 11 is 0. The zero-order valence-corrected chi connectivity index (χ0v) is 18.5. The fourth-order valence-corrected chi connectivity index (χ4v) is 3.08. The number of carbonyl (C=O) groups excluding carboxylic acids is 1. The van der Waals surface area contributed by atoms with E-state index < -0.39 is 0 Å². The van der Waals surface area contributed by atoms with Crippen molar-refractivity contribution in [3.8, 4) is 34.5 Å². The normalized spacial score (nSPS) is 10.7. The quantitative estimate of drug-likeness (QED) is 0.355. The van der Waals surface area contributed by atoms with E-state index in [-0.39, 0.29) is 31.5 Å². The second-order valence-electron chi connectivity index (χ2n) is 6.98. The van der Waals surface area contributed by atoms with E-state index in [1.165, 1.54) is 24.3 Å². The van der Waals surface area contributed by atoms with Crippen LogP contribution < -0.4 is 24.3 Å². The molecule has 0 aliphatic carbocycles. The molecule has 0 atom stereocenters. The van der Waals surface area contributed by atoms with Gasteiger partial charge in [-0.3, -0.25) is 4.79 Å². The van der Waals surface area contributed by atoms with Gasteiger partial charge in [-0.2, -0.15) is 4.52 Å². The van der Waals surface area contributed by atoms with Crippen molar-refractivity contribution in [2.75, 3.05) is 34.0 Å². The molecule has 0 saturated carbocycles. The molecule has 1 amide bonds. The smallest absolute Gasteiger partial charge is 0.258 e. The zero-order valence-electron chi connectivity index (χ0n) is 18.5. The van der Waals surface area contributed by atoms with Crippen molar-refractivity contribution < 1.29 is 28.1 Å². The SMILES string of the molecule is COc1ccc(-c2nnc3ccc(OCCNC(=O)COc4ccc(F)cc4)nn23)cc1OC. The Morgan fingerprint density at radius 2 is 1.76 bits per heavy atom. The molecule has 4 aromatic rings. The molecular formula is C23H22FN5O5. The summed E-state index contributed by atoms with van der Waals surface area (Å²) in [6, 6.07) is 14.2. The molecule has 2 aromatic carbocycles. The van der Waals surface area contributed by atoms with Crippen LogP contribution in [0.4, 0.5) is 4.39 Å². The number of halogens is 1. The maximum Gasteiger partial charge on any atom is 0.258 e. The van der Waals surface area contributed by atoms with Crippen molar-refractivity contribution in [2.24, 2.45) is 0 Å². The van der Waals surface area contributed by atoms with Gasteiger partial charge in [0.25, 0.3) is 5.91 Å². The third-order valence-electron chi connectivity index (χ3n) is 4.74. The lowest BCUT2D eigenvalue weighted by Crippen LogP contribution is -2.32. The number of carbonyl (C=O) groups is 1. The molecule has 2 aromatic heterocycles. The predicted octanol–water partition coefficient (Wildman–Crippen LogP) is 2.52. The number of fused-ring (bicyclic) bond motifs is 1. The maximum atomic E-state index is 12.9. The third kappa shape index (κ3) is 5.31. The molecule has 0 spiro atoms. The third-order valence-corrected chi connectivity index (χ3v) is 4.74. The topological polar surface area (TPSA) is 109 Å². The van der Waals surface area contributed by atoms with Gasteiger partial charge in [0, 0.05) is 11.6 Å². The van der Waals surface area contributed by atoms with Gasteiger partial charge in [-0.15, -0.1) is 15.3 Å². The van der Waals surface area contributed by atoms with Crippen LogP contribution in [0.15, 0.2) is 54.6 Å². The molecule has 0 unspecified atom stereocenters. The van der Waals surface area contributed by atoms with E-state index in [0.717, 1.165) is 5.56 Å².